The van der Waals surface area contributed by atoms with E-state index in [1.54, 1.807) is 0 Å². The zero-order valence-electron chi connectivity index (χ0n) is 10.2. The van der Waals surface area contributed by atoms with Gasteiger partial charge in [0.1, 0.15) is 6.61 Å². The van der Waals surface area contributed by atoms with Crippen molar-refractivity contribution in [2.45, 2.75) is 13.0 Å². The van der Waals surface area contributed by atoms with Gasteiger partial charge in [0.25, 0.3) is 0 Å². The Bertz CT molecular complexity index is 414. The zero-order valence-corrected chi connectivity index (χ0v) is 10.2. The second-order valence-corrected chi connectivity index (χ2v) is 4.10. The number of carbonyl (C=O) groups is 1. The molecule has 0 atom stereocenters. The second-order valence-electron chi connectivity index (χ2n) is 4.10. The van der Waals surface area contributed by atoms with Crippen LogP contribution < -0.4 is 5.32 Å². The lowest BCUT2D eigenvalue weighted by molar-refractivity contribution is 0.138. The van der Waals surface area contributed by atoms with E-state index >= 15 is 0 Å². The SMILES string of the molecule is O=C(NCC1=CCOCC1)OCc1ccccc1. The summed E-state index contributed by atoms with van der Waals surface area (Å²) in [6.45, 7) is 2.20. The van der Waals surface area contributed by atoms with Crippen molar-refractivity contribution in [2.75, 3.05) is 19.8 Å². The van der Waals surface area contributed by atoms with Gasteiger partial charge in [-0.25, -0.2) is 4.79 Å². The van der Waals surface area contributed by atoms with E-state index in [1.165, 1.54) is 5.57 Å². The zero-order chi connectivity index (χ0) is 12.6. The summed E-state index contributed by atoms with van der Waals surface area (Å²) in [5.74, 6) is 0. The summed E-state index contributed by atoms with van der Waals surface area (Å²) in [5, 5.41) is 2.74. The lowest BCUT2D eigenvalue weighted by Gasteiger charge is -2.14. The van der Waals surface area contributed by atoms with E-state index < -0.39 is 0 Å². The van der Waals surface area contributed by atoms with Gasteiger partial charge in [-0.15, -0.1) is 0 Å². The molecule has 0 unspecified atom stereocenters. The van der Waals surface area contributed by atoms with Gasteiger partial charge in [-0.1, -0.05) is 42.0 Å². The Morgan fingerprint density at radius 1 is 1.33 bits per heavy atom. The van der Waals surface area contributed by atoms with Gasteiger partial charge in [-0.3, -0.25) is 0 Å². The van der Waals surface area contributed by atoms with Crippen LogP contribution in [0.5, 0.6) is 0 Å². The Morgan fingerprint density at radius 2 is 2.17 bits per heavy atom. The van der Waals surface area contributed by atoms with Crippen LogP contribution in [0.2, 0.25) is 0 Å². The Labute approximate surface area is 107 Å². The fourth-order valence-corrected chi connectivity index (χ4v) is 1.69. The summed E-state index contributed by atoms with van der Waals surface area (Å²) < 4.78 is 10.3. The molecule has 1 aromatic rings. The van der Waals surface area contributed by atoms with E-state index in [0.29, 0.717) is 19.8 Å². The van der Waals surface area contributed by atoms with Crippen molar-refractivity contribution in [3.8, 4) is 0 Å². The minimum absolute atomic E-state index is 0.300. The maximum atomic E-state index is 11.5. The minimum Gasteiger partial charge on any atom is -0.445 e. The lowest BCUT2D eigenvalue weighted by Crippen LogP contribution is -2.27. The summed E-state index contributed by atoms with van der Waals surface area (Å²) in [6.07, 6.45) is 2.49. The highest BCUT2D eigenvalue weighted by molar-refractivity contribution is 5.67. The normalized spacial score (nSPS) is 14.8. The average Bonchev–Trinajstić information content (AvgIpc) is 2.45. The van der Waals surface area contributed by atoms with Gasteiger partial charge in [0.2, 0.25) is 0 Å². The predicted molar refractivity (Wildman–Crippen MR) is 68.1 cm³/mol. The molecule has 4 nitrogen and oxygen atoms in total. The number of carbonyl (C=O) groups excluding carboxylic acids is 1. The molecule has 0 radical (unpaired) electrons. The van der Waals surface area contributed by atoms with Crippen LogP contribution in [0.25, 0.3) is 0 Å². The van der Waals surface area contributed by atoms with Crippen molar-refractivity contribution >= 4 is 6.09 Å². The molecular weight excluding hydrogens is 230 g/mol. The van der Waals surface area contributed by atoms with Crippen LogP contribution in [0.4, 0.5) is 4.79 Å². The molecule has 0 spiro atoms. The third-order valence-electron chi connectivity index (χ3n) is 2.73. The maximum Gasteiger partial charge on any atom is 0.407 e. The standard InChI is InChI=1S/C14H17NO3/c16-14(15-10-12-6-8-17-9-7-12)18-11-13-4-2-1-3-5-13/h1-6H,7-11H2,(H,15,16). The molecule has 1 aliphatic rings. The second kappa shape index (κ2) is 6.81. The van der Waals surface area contributed by atoms with Crippen molar-refractivity contribution in [1.29, 1.82) is 0 Å². The van der Waals surface area contributed by atoms with Crippen LogP contribution in [0, 0.1) is 0 Å². The number of alkyl carbamates (subject to hydrolysis) is 1. The number of ether oxygens (including phenoxy) is 2. The molecule has 0 bridgehead atoms. The first-order valence-electron chi connectivity index (χ1n) is 6.05. The van der Waals surface area contributed by atoms with E-state index in [9.17, 15) is 4.79 Å². The van der Waals surface area contributed by atoms with E-state index in [1.807, 2.05) is 36.4 Å². The van der Waals surface area contributed by atoms with Crippen LogP contribution in [0.3, 0.4) is 0 Å². The first-order valence-corrected chi connectivity index (χ1v) is 6.05. The monoisotopic (exact) mass is 247 g/mol. The highest BCUT2D eigenvalue weighted by atomic mass is 16.5. The van der Waals surface area contributed by atoms with E-state index in [2.05, 4.69) is 5.32 Å². The topological polar surface area (TPSA) is 47.6 Å². The molecule has 18 heavy (non-hydrogen) atoms. The van der Waals surface area contributed by atoms with Crippen molar-refractivity contribution in [3.05, 3.63) is 47.5 Å². The fraction of sp³-hybridized carbons (Fsp3) is 0.357. The van der Waals surface area contributed by atoms with Crippen LogP contribution in [-0.4, -0.2) is 25.9 Å². The quantitative estimate of drug-likeness (QED) is 0.830. The first kappa shape index (κ1) is 12.6. The Hall–Kier alpha value is -1.81. The molecular formula is C14H17NO3. The molecule has 1 aromatic carbocycles. The van der Waals surface area contributed by atoms with Crippen molar-refractivity contribution in [3.63, 3.8) is 0 Å². The van der Waals surface area contributed by atoms with Crippen molar-refractivity contribution in [1.82, 2.24) is 5.32 Å². The molecule has 1 heterocycles. The summed E-state index contributed by atoms with van der Waals surface area (Å²) in [7, 11) is 0. The number of hydrogen-bond acceptors (Lipinski definition) is 3. The molecule has 0 saturated heterocycles. The Morgan fingerprint density at radius 3 is 2.89 bits per heavy atom. The summed E-state index contributed by atoms with van der Waals surface area (Å²) in [6, 6.07) is 9.62. The lowest BCUT2D eigenvalue weighted by atomic mass is 10.1. The van der Waals surface area contributed by atoms with E-state index in [4.69, 9.17) is 9.47 Å². The largest absolute Gasteiger partial charge is 0.445 e. The Kier molecular flexibility index (Phi) is 4.78. The third kappa shape index (κ3) is 4.22. The van der Waals surface area contributed by atoms with Crippen LogP contribution in [0.1, 0.15) is 12.0 Å². The number of rotatable bonds is 4. The minimum atomic E-state index is -0.383. The van der Waals surface area contributed by atoms with Crippen molar-refractivity contribution in [2.24, 2.45) is 0 Å². The number of benzene rings is 1. The first-order chi connectivity index (χ1) is 8.84. The summed E-state index contributed by atoms with van der Waals surface area (Å²) >= 11 is 0. The third-order valence-corrected chi connectivity index (χ3v) is 2.73. The van der Waals surface area contributed by atoms with Crippen LogP contribution in [0.15, 0.2) is 42.0 Å². The smallest absolute Gasteiger partial charge is 0.407 e. The van der Waals surface area contributed by atoms with Crippen molar-refractivity contribution < 1.29 is 14.3 Å². The van der Waals surface area contributed by atoms with E-state index in [-0.39, 0.29) is 6.09 Å². The van der Waals surface area contributed by atoms with Gasteiger partial charge in [0.15, 0.2) is 0 Å². The molecule has 0 saturated carbocycles. The van der Waals surface area contributed by atoms with Gasteiger partial charge in [-0.2, -0.15) is 0 Å². The maximum absolute atomic E-state index is 11.5. The molecule has 0 fully saturated rings. The average molecular weight is 247 g/mol. The highest BCUT2D eigenvalue weighted by Gasteiger charge is 2.06. The van der Waals surface area contributed by atoms with Gasteiger partial charge in [-0.05, 0) is 12.0 Å². The molecule has 1 aliphatic heterocycles. The highest BCUT2D eigenvalue weighted by Crippen LogP contribution is 2.06. The molecule has 1 amide bonds. The fourth-order valence-electron chi connectivity index (χ4n) is 1.69. The van der Waals surface area contributed by atoms with Gasteiger partial charge in [0.05, 0.1) is 13.2 Å². The molecule has 0 aliphatic carbocycles. The molecule has 2 rings (SSSR count). The summed E-state index contributed by atoms with van der Waals surface area (Å²) in [5.41, 5.74) is 2.18. The molecule has 0 aromatic heterocycles. The van der Waals surface area contributed by atoms with E-state index in [0.717, 1.165) is 18.6 Å². The van der Waals surface area contributed by atoms with Gasteiger partial charge < -0.3 is 14.8 Å². The van der Waals surface area contributed by atoms with Crippen LogP contribution >= 0.6 is 0 Å². The predicted octanol–water partition coefficient (Wildman–Crippen LogP) is 2.26. The molecule has 1 N–H and O–H groups in total. The van der Waals surface area contributed by atoms with Crippen LogP contribution in [-0.2, 0) is 16.1 Å². The molecule has 4 heteroatoms. The molecule has 96 valence electrons. The van der Waals surface area contributed by atoms with Gasteiger partial charge >= 0.3 is 6.09 Å². The Balaban J connectivity index is 1.67. The van der Waals surface area contributed by atoms with Gasteiger partial charge in [0, 0.05) is 6.54 Å². The number of hydrogen-bond donors (Lipinski definition) is 1. The summed E-state index contributed by atoms with van der Waals surface area (Å²) in [4.78, 5) is 11.5. The number of amides is 1. The number of nitrogens with one attached hydrogen (secondary N) is 1.